The van der Waals surface area contributed by atoms with Crippen LogP contribution in [-0.2, 0) is 5.41 Å². The molecule has 0 unspecified atom stereocenters. The highest BCUT2D eigenvalue weighted by molar-refractivity contribution is 7.99. The van der Waals surface area contributed by atoms with Gasteiger partial charge in [-0.2, -0.15) is 0 Å². The standard InChI is InChI=1S/C27H20OS/c1-17-11-13-19-23(15-17)28-24-16-18(2)12-14-20(24)27(19)21-7-3-5-9-25(21)29-26-10-6-4-8-22(26)27/h3-16H,1-2H3. The summed E-state index contributed by atoms with van der Waals surface area (Å²) in [5.74, 6) is 1.92. The van der Waals surface area contributed by atoms with E-state index in [-0.39, 0.29) is 5.41 Å². The van der Waals surface area contributed by atoms with Crippen molar-refractivity contribution >= 4 is 11.8 Å². The average molecular weight is 393 g/mol. The van der Waals surface area contributed by atoms with Crippen LogP contribution in [0.3, 0.4) is 0 Å². The van der Waals surface area contributed by atoms with Gasteiger partial charge in [0.25, 0.3) is 0 Å². The molecule has 1 spiro atoms. The molecule has 2 heteroatoms. The molecule has 2 heterocycles. The van der Waals surface area contributed by atoms with Crippen LogP contribution in [0.25, 0.3) is 0 Å². The van der Waals surface area contributed by atoms with E-state index in [4.69, 9.17) is 4.74 Å². The summed E-state index contributed by atoms with van der Waals surface area (Å²) in [5.41, 5.74) is 7.16. The lowest BCUT2D eigenvalue weighted by Gasteiger charge is -2.45. The maximum Gasteiger partial charge on any atom is 0.132 e. The minimum absolute atomic E-state index is 0.372. The number of benzene rings is 4. The number of hydrogen-bond acceptors (Lipinski definition) is 2. The Balaban J connectivity index is 1.84. The fourth-order valence-corrected chi connectivity index (χ4v) is 6.08. The number of hydrogen-bond donors (Lipinski definition) is 0. The summed E-state index contributed by atoms with van der Waals surface area (Å²) < 4.78 is 6.49. The molecule has 0 fully saturated rings. The summed E-state index contributed by atoms with van der Waals surface area (Å²) in [6.45, 7) is 4.25. The van der Waals surface area contributed by atoms with Gasteiger partial charge in [0, 0.05) is 20.9 Å². The summed E-state index contributed by atoms with van der Waals surface area (Å²) in [6.07, 6.45) is 0. The van der Waals surface area contributed by atoms with Crippen LogP contribution in [0, 0.1) is 13.8 Å². The van der Waals surface area contributed by atoms with Gasteiger partial charge in [-0.05, 0) is 60.4 Å². The Morgan fingerprint density at radius 1 is 0.586 bits per heavy atom. The van der Waals surface area contributed by atoms with Crippen molar-refractivity contribution in [3.05, 3.63) is 118 Å². The molecule has 0 amide bonds. The Morgan fingerprint density at radius 3 is 1.59 bits per heavy atom. The van der Waals surface area contributed by atoms with E-state index in [0.717, 1.165) is 11.5 Å². The van der Waals surface area contributed by atoms with Gasteiger partial charge in [0.2, 0.25) is 0 Å². The predicted octanol–water partition coefficient (Wildman–Crippen LogP) is 7.26. The molecule has 0 aromatic heterocycles. The van der Waals surface area contributed by atoms with Crippen LogP contribution in [0.5, 0.6) is 11.5 Å². The van der Waals surface area contributed by atoms with Crippen molar-refractivity contribution in [3.63, 3.8) is 0 Å². The highest BCUT2D eigenvalue weighted by atomic mass is 32.2. The lowest BCUT2D eigenvalue weighted by atomic mass is 9.63. The van der Waals surface area contributed by atoms with Gasteiger partial charge in [-0.25, -0.2) is 0 Å². The highest BCUT2D eigenvalue weighted by Crippen LogP contribution is 2.61. The van der Waals surface area contributed by atoms with Crippen LogP contribution >= 0.6 is 11.8 Å². The third-order valence-corrected chi connectivity index (χ3v) is 7.26. The largest absolute Gasteiger partial charge is 0.457 e. The fraction of sp³-hybridized carbons (Fsp3) is 0.111. The first-order valence-corrected chi connectivity index (χ1v) is 10.8. The summed E-state index contributed by atoms with van der Waals surface area (Å²) in [5, 5.41) is 0. The molecule has 4 aromatic carbocycles. The Hall–Kier alpha value is -2.97. The summed E-state index contributed by atoms with van der Waals surface area (Å²) in [6, 6.07) is 30.9. The summed E-state index contributed by atoms with van der Waals surface area (Å²) in [7, 11) is 0. The maximum atomic E-state index is 6.49. The van der Waals surface area contributed by atoms with Crippen molar-refractivity contribution in [3.8, 4) is 11.5 Å². The first-order chi connectivity index (χ1) is 14.2. The lowest BCUT2D eigenvalue weighted by Crippen LogP contribution is -2.36. The molecule has 0 saturated heterocycles. The minimum atomic E-state index is -0.372. The molecule has 0 bridgehead atoms. The molecule has 0 aliphatic carbocycles. The molecule has 4 aromatic rings. The summed E-state index contributed by atoms with van der Waals surface area (Å²) in [4.78, 5) is 2.62. The lowest BCUT2D eigenvalue weighted by molar-refractivity contribution is 0.430. The zero-order chi connectivity index (χ0) is 19.6. The third-order valence-electron chi connectivity index (χ3n) is 6.10. The molecule has 6 rings (SSSR count). The Bertz CT molecular complexity index is 1190. The highest BCUT2D eigenvalue weighted by Gasteiger charge is 2.49. The Morgan fingerprint density at radius 2 is 1.07 bits per heavy atom. The molecule has 29 heavy (non-hydrogen) atoms. The molecule has 0 saturated carbocycles. The van der Waals surface area contributed by atoms with Gasteiger partial charge in [0.15, 0.2) is 0 Å². The second kappa shape index (κ2) is 6.01. The van der Waals surface area contributed by atoms with Crippen LogP contribution in [-0.4, -0.2) is 0 Å². The topological polar surface area (TPSA) is 9.23 Å². The van der Waals surface area contributed by atoms with Crippen molar-refractivity contribution < 1.29 is 4.74 Å². The summed E-state index contributed by atoms with van der Waals surface area (Å²) >= 11 is 1.86. The van der Waals surface area contributed by atoms with E-state index in [1.165, 1.54) is 43.2 Å². The smallest absolute Gasteiger partial charge is 0.132 e. The van der Waals surface area contributed by atoms with Crippen LogP contribution in [0.15, 0.2) is 94.7 Å². The van der Waals surface area contributed by atoms with Gasteiger partial charge in [0.05, 0.1) is 5.41 Å². The number of ether oxygens (including phenoxy) is 1. The molecule has 1 nitrogen and oxygen atoms in total. The predicted molar refractivity (Wildman–Crippen MR) is 118 cm³/mol. The fourth-order valence-electron chi connectivity index (χ4n) is 4.89. The minimum Gasteiger partial charge on any atom is -0.457 e. The van der Waals surface area contributed by atoms with Gasteiger partial charge < -0.3 is 4.74 Å². The van der Waals surface area contributed by atoms with E-state index in [2.05, 4.69) is 98.8 Å². The van der Waals surface area contributed by atoms with Gasteiger partial charge in [0.1, 0.15) is 11.5 Å². The van der Waals surface area contributed by atoms with Crippen molar-refractivity contribution in [2.24, 2.45) is 0 Å². The number of rotatable bonds is 0. The van der Waals surface area contributed by atoms with Crippen LogP contribution in [0.2, 0.25) is 0 Å². The number of fused-ring (bicyclic) bond motifs is 8. The first kappa shape index (κ1) is 16.9. The molecule has 0 atom stereocenters. The van der Waals surface area contributed by atoms with E-state index in [1.54, 1.807) is 0 Å². The normalized spacial score (nSPS) is 15.0. The van der Waals surface area contributed by atoms with Gasteiger partial charge in [-0.3, -0.25) is 0 Å². The second-order valence-electron chi connectivity index (χ2n) is 7.95. The zero-order valence-corrected chi connectivity index (χ0v) is 17.2. The first-order valence-electron chi connectivity index (χ1n) is 9.95. The Kier molecular flexibility index (Phi) is 3.51. The quantitative estimate of drug-likeness (QED) is 0.269. The van der Waals surface area contributed by atoms with Gasteiger partial charge in [-0.15, -0.1) is 0 Å². The molecule has 0 radical (unpaired) electrons. The second-order valence-corrected chi connectivity index (χ2v) is 9.03. The van der Waals surface area contributed by atoms with Crippen molar-refractivity contribution in [2.75, 3.05) is 0 Å². The zero-order valence-electron chi connectivity index (χ0n) is 16.4. The third kappa shape index (κ3) is 2.24. The maximum absolute atomic E-state index is 6.49. The van der Waals surface area contributed by atoms with E-state index < -0.39 is 0 Å². The van der Waals surface area contributed by atoms with E-state index >= 15 is 0 Å². The van der Waals surface area contributed by atoms with E-state index in [0.29, 0.717) is 0 Å². The van der Waals surface area contributed by atoms with Crippen LogP contribution < -0.4 is 4.74 Å². The average Bonchev–Trinajstić information content (AvgIpc) is 2.73. The SMILES string of the molecule is Cc1ccc2c(c1)Oc1cc(C)ccc1C21c2ccccc2Sc2ccccc21. The Labute approximate surface area is 175 Å². The van der Waals surface area contributed by atoms with Crippen LogP contribution in [0.1, 0.15) is 33.4 Å². The van der Waals surface area contributed by atoms with Crippen molar-refractivity contribution in [1.82, 2.24) is 0 Å². The molecule has 140 valence electrons. The van der Waals surface area contributed by atoms with E-state index in [1.807, 2.05) is 11.8 Å². The molecule has 2 aliphatic heterocycles. The molecule has 0 N–H and O–H groups in total. The van der Waals surface area contributed by atoms with Gasteiger partial charge >= 0.3 is 0 Å². The van der Waals surface area contributed by atoms with Crippen molar-refractivity contribution in [1.29, 1.82) is 0 Å². The molecule has 2 aliphatic rings. The van der Waals surface area contributed by atoms with Crippen molar-refractivity contribution in [2.45, 2.75) is 29.1 Å². The number of aryl methyl sites for hydroxylation is 2. The van der Waals surface area contributed by atoms with E-state index in [9.17, 15) is 0 Å². The molecular weight excluding hydrogens is 372 g/mol. The molecular formula is C27H20OS. The van der Waals surface area contributed by atoms with Crippen LogP contribution in [0.4, 0.5) is 0 Å². The monoisotopic (exact) mass is 392 g/mol. The van der Waals surface area contributed by atoms with Gasteiger partial charge in [-0.1, -0.05) is 72.4 Å².